The van der Waals surface area contributed by atoms with Crippen LogP contribution in [0.2, 0.25) is 0 Å². The summed E-state index contributed by atoms with van der Waals surface area (Å²) in [4.78, 5) is 17.0. The fourth-order valence-electron chi connectivity index (χ4n) is 2.53. The van der Waals surface area contributed by atoms with Gasteiger partial charge in [0.1, 0.15) is 0 Å². The molecule has 0 unspecified atom stereocenters. The van der Waals surface area contributed by atoms with E-state index < -0.39 is 17.9 Å². The van der Waals surface area contributed by atoms with Gasteiger partial charge in [0.05, 0.1) is 12.6 Å². The monoisotopic (exact) mass is 286 g/mol. The molecule has 8 heteroatoms. The molecule has 1 saturated heterocycles. The number of hydrogen-bond acceptors (Lipinski definition) is 5. The van der Waals surface area contributed by atoms with Gasteiger partial charge >= 0.3 is 0 Å². The van der Waals surface area contributed by atoms with E-state index in [-0.39, 0.29) is 24.7 Å². The molecular weight excluding hydrogens is 270 g/mol. The van der Waals surface area contributed by atoms with Crippen LogP contribution in [0, 0.1) is 5.92 Å². The van der Waals surface area contributed by atoms with Crippen LogP contribution in [-0.2, 0) is 0 Å². The van der Waals surface area contributed by atoms with E-state index in [1.807, 2.05) is 0 Å². The highest BCUT2D eigenvalue weighted by Gasteiger charge is 2.49. The Kier molecular flexibility index (Phi) is 3.19. The summed E-state index contributed by atoms with van der Waals surface area (Å²) in [5, 5.41) is 5.91. The van der Waals surface area contributed by atoms with Crippen molar-refractivity contribution in [1.29, 1.82) is 0 Å². The van der Waals surface area contributed by atoms with Crippen molar-refractivity contribution in [2.24, 2.45) is 5.92 Å². The molecule has 2 aliphatic rings. The third-order valence-electron chi connectivity index (χ3n) is 3.71. The number of alkyl halides is 2. The van der Waals surface area contributed by atoms with Crippen LogP contribution in [0.1, 0.15) is 41.8 Å². The van der Waals surface area contributed by atoms with Crippen molar-refractivity contribution < 1.29 is 18.1 Å². The summed E-state index contributed by atoms with van der Waals surface area (Å²) in [6, 6.07) is -0.600. The van der Waals surface area contributed by atoms with Gasteiger partial charge < -0.3 is 9.84 Å². The Morgan fingerprint density at radius 3 is 2.95 bits per heavy atom. The number of amides is 1. The van der Waals surface area contributed by atoms with E-state index in [1.54, 1.807) is 4.90 Å². The number of nitrogens with one attached hydrogen (secondary N) is 1. The van der Waals surface area contributed by atoms with Crippen LogP contribution in [0.5, 0.6) is 0 Å². The lowest BCUT2D eigenvalue weighted by atomic mass is 10.2. The molecule has 2 fully saturated rings. The summed E-state index contributed by atoms with van der Waals surface area (Å²) < 4.78 is 32.2. The first-order valence-electron chi connectivity index (χ1n) is 6.66. The first-order chi connectivity index (χ1) is 9.48. The van der Waals surface area contributed by atoms with Gasteiger partial charge in [-0.1, -0.05) is 5.16 Å². The van der Waals surface area contributed by atoms with Gasteiger partial charge in [0.25, 0.3) is 17.7 Å². The van der Waals surface area contributed by atoms with Gasteiger partial charge in [0.15, 0.2) is 0 Å². The quantitative estimate of drug-likeness (QED) is 0.901. The van der Waals surface area contributed by atoms with Crippen LogP contribution in [0.3, 0.4) is 0 Å². The second-order valence-electron chi connectivity index (χ2n) is 5.48. The lowest BCUT2D eigenvalue weighted by Crippen LogP contribution is -2.29. The number of carbonyl (C=O) groups excluding carboxylic acids is 1. The second kappa shape index (κ2) is 4.76. The number of halogens is 2. The smallest absolute Gasteiger partial charge is 0.292 e. The second-order valence-corrected chi connectivity index (χ2v) is 5.48. The topological polar surface area (TPSA) is 71.3 Å². The normalized spacial score (nSPS) is 25.9. The van der Waals surface area contributed by atoms with Crippen molar-refractivity contribution in [2.45, 2.75) is 31.2 Å². The van der Waals surface area contributed by atoms with Crippen molar-refractivity contribution in [3.63, 3.8) is 0 Å². The minimum absolute atomic E-state index is 0.0985. The Bertz CT molecular complexity index is 515. The minimum atomic E-state index is -2.75. The fraction of sp³-hybridized carbons (Fsp3) is 0.750. The van der Waals surface area contributed by atoms with Gasteiger partial charge in [-0.3, -0.25) is 9.69 Å². The molecule has 6 nitrogen and oxygen atoms in total. The molecule has 0 radical (unpaired) electrons. The molecule has 1 N–H and O–H groups in total. The highest BCUT2D eigenvalue weighted by Crippen LogP contribution is 2.43. The lowest BCUT2D eigenvalue weighted by Gasteiger charge is -2.20. The van der Waals surface area contributed by atoms with Crippen molar-refractivity contribution in [2.75, 3.05) is 20.1 Å². The summed E-state index contributed by atoms with van der Waals surface area (Å²) in [5.74, 6) is -2.77. The molecule has 1 aromatic heterocycles. The molecule has 110 valence electrons. The zero-order valence-electron chi connectivity index (χ0n) is 11.1. The Hall–Kier alpha value is -1.57. The van der Waals surface area contributed by atoms with Crippen LogP contribution in [0.15, 0.2) is 4.52 Å². The molecule has 20 heavy (non-hydrogen) atoms. The van der Waals surface area contributed by atoms with Crippen molar-refractivity contribution in [3.05, 3.63) is 11.7 Å². The van der Waals surface area contributed by atoms with Crippen LogP contribution in [0.4, 0.5) is 8.78 Å². The number of rotatable bonds is 4. The molecule has 0 spiro atoms. The van der Waals surface area contributed by atoms with E-state index in [9.17, 15) is 13.6 Å². The van der Waals surface area contributed by atoms with Crippen molar-refractivity contribution in [1.82, 2.24) is 20.4 Å². The van der Waals surface area contributed by atoms with Gasteiger partial charge in [-0.05, 0) is 18.8 Å². The molecule has 1 saturated carbocycles. The Morgan fingerprint density at radius 2 is 2.30 bits per heavy atom. The van der Waals surface area contributed by atoms with Gasteiger partial charge in [-0.25, -0.2) is 8.78 Å². The van der Waals surface area contributed by atoms with E-state index in [0.29, 0.717) is 12.5 Å². The largest absolute Gasteiger partial charge is 0.352 e. The van der Waals surface area contributed by atoms with E-state index in [4.69, 9.17) is 4.52 Å². The maximum Gasteiger partial charge on any atom is 0.292 e. The zero-order chi connectivity index (χ0) is 14.3. The Morgan fingerprint density at radius 1 is 1.55 bits per heavy atom. The summed E-state index contributed by atoms with van der Waals surface area (Å²) in [7, 11) is 1.45. The first kappa shape index (κ1) is 13.4. The van der Waals surface area contributed by atoms with Crippen molar-refractivity contribution in [3.8, 4) is 0 Å². The molecule has 0 bridgehead atoms. The highest BCUT2D eigenvalue weighted by atomic mass is 19.3. The summed E-state index contributed by atoms with van der Waals surface area (Å²) in [5.41, 5.74) is 0. The average molecular weight is 286 g/mol. The summed E-state index contributed by atoms with van der Waals surface area (Å²) >= 11 is 0. The number of aromatic nitrogens is 2. The number of likely N-dealkylation sites (tertiary alicyclic amines) is 1. The van der Waals surface area contributed by atoms with Gasteiger partial charge in [-0.15, -0.1) is 0 Å². The molecule has 1 amide bonds. The number of carbonyl (C=O) groups is 1. The van der Waals surface area contributed by atoms with E-state index in [1.165, 1.54) is 7.05 Å². The SMILES string of the molecule is CNC(=O)c1noc([C@@H]2CC(F)(F)CN2CC2CC2)n1. The molecule has 1 aromatic rings. The average Bonchev–Trinajstić information content (AvgIpc) is 2.97. The summed E-state index contributed by atoms with van der Waals surface area (Å²) in [6.45, 7) is 0.337. The molecule has 3 rings (SSSR count). The maximum atomic E-state index is 13.6. The van der Waals surface area contributed by atoms with E-state index >= 15 is 0 Å². The number of nitrogens with zero attached hydrogens (tertiary/aromatic N) is 3. The van der Waals surface area contributed by atoms with Gasteiger partial charge in [0.2, 0.25) is 5.89 Å². The lowest BCUT2D eigenvalue weighted by molar-refractivity contribution is 0.0115. The van der Waals surface area contributed by atoms with E-state index in [0.717, 1.165) is 12.8 Å². The van der Waals surface area contributed by atoms with Gasteiger partial charge in [0, 0.05) is 20.0 Å². The van der Waals surface area contributed by atoms with Crippen LogP contribution in [0.25, 0.3) is 0 Å². The zero-order valence-corrected chi connectivity index (χ0v) is 11.1. The van der Waals surface area contributed by atoms with Gasteiger partial charge in [-0.2, -0.15) is 4.98 Å². The Balaban J connectivity index is 1.78. The third kappa shape index (κ3) is 2.65. The van der Waals surface area contributed by atoms with Crippen LogP contribution >= 0.6 is 0 Å². The highest BCUT2D eigenvalue weighted by molar-refractivity contribution is 5.89. The first-order valence-corrected chi connectivity index (χ1v) is 6.66. The molecular formula is C12H16F2N4O2. The molecule has 0 aromatic carbocycles. The Labute approximate surface area is 114 Å². The fourth-order valence-corrected chi connectivity index (χ4v) is 2.53. The van der Waals surface area contributed by atoms with E-state index in [2.05, 4.69) is 15.5 Å². The predicted octanol–water partition coefficient (Wildman–Crippen LogP) is 1.22. The predicted molar refractivity (Wildman–Crippen MR) is 64.3 cm³/mol. The summed E-state index contributed by atoms with van der Waals surface area (Å²) in [6.07, 6.45) is 1.83. The molecule has 1 aliphatic carbocycles. The van der Waals surface area contributed by atoms with Crippen molar-refractivity contribution >= 4 is 5.91 Å². The standard InChI is InChI=1S/C12H16F2N4O2/c1-15-10(19)9-16-11(20-17-9)8-4-12(13,14)6-18(8)5-7-2-3-7/h7-8H,2-6H2,1H3,(H,15,19)/t8-/m0/s1. The van der Waals surface area contributed by atoms with Crippen LogP contribution < -0.4 is 5.32 Å². The third-order valence-corrected chi connectivity index (χ3v) is 3.71. The maximum absolute atomic E-state index is 13.6. The molecule has 2 heterocycles. The minimum Gasteiger partial charge on any atom is -0.352 e. The number of hydrogen-bond donors (Lipinski definition) is 1. The van der Waals surface area contributed by atoms with Crippen LogP contribution in [-0.4, -0.2) is 47.0 Å². The molecule has 1 aliphatic heterocycles. The molecule has 1 atom stereocenters.